The minimum absolute atomic E-state index is 0.0736. The number of hydrogen-bond acceptors (Lipinski definition) is 3. The fraction of sp³-hybridized carbons (Fsp3) is 0.667. The van der Waals surface area contributed by atoms with Crippen LogP contribution in [0.15, 0.2) is 6.20 Å². The van der Waals surface area contributed by atoms with Crippen molar-refractivity contribution in [2.24, 2.45) is 0 Å². The van der Waals surface area contributed by atoms with Crippen LogP contribution < -0.4 is 0 Å². The zero-order valence-corrected chi connectivity index (χ0v) is 12.9. The number of carbonyl (C=O) groups is 2. The van der Waals surface area contributed by atoms with Gasteiger partial charge in [-0.2, -0.15) is 5.10 Å². The molecule has 0 bridgehead atoms. The number of carboxylic acid groups (broad SMARTS) is 1. The van der Waals surface area contributed by atoms with Crippen LogP contribution in [0.4, 0.5) is 0 Å². The van der Waals surface area contributed by atoms with E-state index in [0.717, 1.165) is 31.4 Å². The third-order valence-corrected chi connectivity index (χ3v) is 4.12. The number of hydrogen-bond donors (Lipinski definition) is 1. The molecule has 1 aromatic rings. The standard InChI is InChI=1S/C15H23N3O3/c1-4-11(5-2)18-10(3)13(8-16-18)15(21)17(9-14(19)20)12-6-7-12/h8,11-12H,4-7,9H2,1-3H3,(H,19,20). The van der Waals surface area contributed by atoms with Gasteiger partial charge in [-0.25, -0.2) is 0 Å². The number of aromatic nitrogens is 2. The largest absolute Gasteiger partial charge is 0.480 e. The van der Waals surface area contributed by atoms with Gasteiger partial charge in [-0.1, -0.05) is 13.8 Å². The molecule has 0 atom stereocenters. The lowest BCUT2D eigenvalue weighted by molar-refractivity contribution is -0.137. The number of carbonyl (C=O) groups excluding carboxylic acids is 1. The summed E-state index contributed by atoms with van der Waals surface area (Å²) >= 11 is 0. The highest BCUT2D eigenvalue weighted by molar-refractivity contribution is 5.97. The maximum atomic E-state index is 12.6. The predicted molar refractivity (Wildman–Crippen MR) is 78.3 cm³/mol. The highest BCUT2D eigenvalue weighted by Gasteiger charge is 2.35. The molecule has 0 unspecified atom stereocenters. The lowest BCUT2D eigenvalue weighted by Crippen LogP contribution is -2.37. The highest BCUT2D eigenvalue weighted by Crippen LogP contribution is 2.29. The molecule has 0 aromatic carbocycles. The van der Waals surface area contributed by atoms with Crippen molar-refractivity contribution in [1.82, 2.24) is 14.7 Å². The average molecular weight is 293 g/mol. The van der Waals surface area contributed by atoms with Crippen LogP contribution in [0.25, 0.3) is 0 Å². The van der Waals surface area contributed by atoms with E-state index in [0.29, 0.717) is 5.56 Å². The Hall–Kier alpha value is -1.85. The topological polar surface area (TPSA) is 75.4 Å². The van der Waals surface area contributed by atoms with Gasteiger partial charge in [0.15, 0.2) is 0 Å². The second kappa shape index (κ2) is 6.28. The number of aliphatic carboxylic acids is 1. The van der Waals surface area contributed by atoms with Crippen molar-refractivity contribution in [3.8, 4) is 0 Å². The summed E-state index contributed by atoms with van der Waals surface area (Å²) in [6, 6.07) is 0.352. The Morgan fingerprint density at radius 1 is 1.43 bits per heavy atom. The Labute approximate surface area is 124 Å². The molecule has 1 fully saturated rings. The second-order valence-electron chi connectivity index (χ2n) is 5.62. The minimum atomic E-state index is -0.972. The molecule has 6 nitrogen and oxygen atoms in total. The van der Waals surface area contributed by atoms with Crippen molar-refractivity contribution in [2.45, 2.75) is 58.5 Å². The van der Waals surface area contributed by atoms with E-state index in [9.17, 15) is 9.59 Å². The van der Waals surface area contributed by atoms with E-state index in [4.69, 9.17) is 5.11 Å². The third kappa shape index (κ3) is 3.25. The maximum absolute atomic E-state index is 12.6. The van der Waals surface area contributed by atoms with Gasteiger partial charge in [-0.05, 0) is 32.6 Å². The molecule has 1 heterocycles. The predicted octanol–water partition coefficient (Wildman–Crippen LogP) is 2.24. The molecule has 2 rings (SSSR count). The zero-order chi connectivity index (χ0) is 15.6. The summed E-state index contributed by atoms with van der Waals surface area (Å²) in [5.41, 5.74) is 1.35. The highest BCUT2D eigenvalue weighted by atomic mass is 16.4. The van der Waals surface area contributed by atoms with Gasteiger partial charge in [0.05, 0.1) is 17.8 Å². The van der Waals surface area contributed by atoms with E-state index in [1.54, 1.807) is 6.20 Å². The van der Waals surface area contributed by atoms with Crippen LogP contribution in [0.2, 0.25) is 0 Å². The van der Waals surface area contributed by atoms with Crippen molar-refractivity contribution < 1.29 is 14.7 Å². The van der Waals surface area contributed by atoms with Crippen LogP contribution in [-0.4, -0.2) is 44.3 Å². The van der Waals surface area contributed by atoms with Gasteiger partial charge in [0.2, 0.25) is 0 Å². The number of nitrogens with zero attached hydrogens (tertiary/aromatic N) is 3. The van der Waals surface area contributed by atoms with Crippen molar-refractivity contribution in [3.05, 3.63) is 17.5 Å². The van der Waals surface area contributed by atoms with Gasteiger partial charge < -0.3 is 10.0 Å². The number of carboxylic acids is 1. The Balaban J connectivity index is 2.24. The number of rotatable bonds is 7. The Morgan fingerprint density at radius 3 is 2.52 bits per heavy atom. The van der Waals surface area contributed by atoms with Gasteiger partial charge in [0.1, 0.15) is 6.54 Å². The van der Waals surface area contributed by atoms with Crippen LogP contribution >= 0.6 is 0 Å². The first-order valence-electron chi connectivity index (χ1n) is 7.56. The Kier molecular flexibility index (Phi) is 4.65. The molecule has 0 spiro atoms. The van der Waals surface area contributed by atoms with Gasteiger partial charge in [-0.15, -0.1) is 0 Å². The van der Waals surface area contributed by atoms with Gasteiger partial charge in [0.25, 0.3) is 5.91 Å². The molecule has 1 saturated carbocycles. The maximum Gasteiger partial charge on any atom is 0.323 e. The Morgan fingerprint density at radius 2 is 2.05 bits per heavy atom. The molecule has 1 amide bonds. The molecule has 116 valence electrons. The Bertz CT molecular complexity index is 530. The van der Waals surface area contributed by atoms with Crippen LogP contribution in [0.1, 0.15) is 61.6 Å². The van der Waals surface area contributed by atoms with E-state index in [1.165, 1.54) is 4.90 Å². The summed E-state index contributed by atoms with van der Waals surface area (Å²) in [6.45, 7) is 5.83. The lowest BCUT2D eigenvalue weighted by Gasteiger charge is -2.20. The number of amides is 1. The van der Waals surface area contributed by atoms with E-state index in [-0.39, 0.29) is 24.5 Å². The van der Waals surface area contributed by atoms with Gasteiger partial charge >= 0.3 is 5.97 Å². The van der Waals surface area contributed by atoms with Crippen molar-refractivity contribution in [3.63, 3.8) is 0 Å². The monoisotopic (exact) mass is 293 g/mol. The molecule has 0 saturated heterocycles. The third-order valence-electron chi connectivity index (χ3n) is 4.12. The van der Waals surface area contributed by atoms with Crippen molar-refractivity contribution in [1.29, 1.82) is 0 Å². The summed E-state index contributed by atoms with van der Waals surface area (Å²) in [4.78, 5) is 25.0. The van der Waals surface area contributed by atoms with Crippen LogP contribution in [0.3, 0.4) is 0 Å². The normalized spacial score (nSPS) is 14.5. The molecule has 1 N–H and O–H groups in total. The minimum Gasteiger partial charge on any atom is -0.480 e. The summed E-state index contributed by atoms with van der Waals surface area (Å²) in [5.74, 6) is -1.19. The van der Waals surface area contributed by atoms with Crippen LogP contribution in [0.5, 0.6) is 0 Å². The first kappa shape index (κ1) is 15.5. The molecule has 1 aliphatic rings. The summed E-state index contributed by atoms with van der Waals surface area (Å²) in [5, 5.41) is 13.3. The van der Waals surface area contributed by atoms with Crippen molar-refractivity contribution >= 4 is 11.9 Å². The molecule has 6 heteroatoms. The SMILES string of the molecule is CCC(CC)n1ncc(C(=O)N(CC(=O)O)C2CC2)c1C. The first-order chi connectivity index (χ1) is 9.99. The molecular formula is C15H23N3O3. The molecular weight excluding hydrogens is 270 g/mol. The van der Waals surface area contributed by atoms with Crippen molar-refractivity contribution in [2.75, 3.05) is 6.54 Å². The smallest absolute Gasteiger partial charge is 0.323 e. The molecule has 0 radical (unpaired) electrons. The van der Waals surface area contributed by atoms with E-state index in [2.05, 4.69) is 18.9 Å². The van der Waals surface area contributed by atoms with E-state index < -0.39 is 5.97 Å². The molecule has 1 aromatic heterocycles. The quantitative estimate of drug-likeness (QED) is 0.836. The molecule has 21 heavy (non-hydrogen) atoms. The van der Waals surface area contributed by atoms with E-state index in [1.807, 2.05) is 11.6 Å². The summed E-state index contributed by atoms with van der Waals surface area (Å²) < 4.78 is 1.89. The van der Waals surface area contributed by atoms with Gasteiger partial charge in [0, 0.05) is 11.7 Å². The fourth-order valence-electron chi connectivity index (χ4n) is 2.69. The van der Waals surface area contributed by atoms with Gasteiger partial charge in [-0.3, -0.25) is 14.3 Å². The molecule has 0 aliphatic heterocycles. The molecule has 1 aliphatic carbocycles. The second-order valence-corrected chi connectivity index (χ2v) is 5.62. The summed E-state index contributed by atoms with van der Waals surface area (Å²) in [6.07, 6.45) is 5.26. The first-order valence-corrected chi connectivity index (χ1v) is 7.56. The van der Waals surface area contributed by atoms with Crippen LogP contribution in [-0.2, 0) is 4.79 Å². The zero-order valence-electron chi connectivity index (χ0n) is 12.9. The fourth-order valence-corrected chi connectivity index (χ4v) is 2.69. The lowest BCUT2D eigenvalue weighted by atomic mass is 10.1. The van der Waals surface area contributed by atoms with Crippen LogP contribution in [0, 0.1) is 6.92 Å². The average Bonchev–Trinajstić information content (AvgIpc) is 3.22. The van der Waals surface area contributed by atoms with E-state index >= 15 is 0 Å². The summed E-state index contributed by atoms with van der Waals surface area (Å²) in [7, 11) is 0.